The predicted molar refractivity (Wildman–Crippen MR) is 132 cm³/mol. The molecule has 0 aliphatic carbocycles. The van der Waals surface area contributed by atoms with Crippen molar-refractivity contribution in [2.75, 3.05) is 33.2 Å². The van der Waals surface area contributed by atoms with E-state index in [0.717, 1.165) is 32.4 Å². The Balaban J connectivity index is 1.34. The highest BCUT2D eigenvalue weighted by Crippen LogP contribution is 2.29. The highest BCUT2D eigenvalue weighted by molar-refractivity contribution is 5.86. The molecule has 1 aliphatic heterocycles. The molecule has 32 heavy (non-hydrogen) atoms. The van der Waals surface area contributed by atoms with Crippen LogP contribution in [0.1, 0.15) is 17.5 Å². The molecule has 2 unspecified atom stereocenters. The van der Waals surface area contributed by atoms with E-state index in [4.69, 9.17) is 0 Å². The molecule has 0 amide bonds. The van der Waals surface area contributed by atoms with Crippen LogP contribution in [0.2, 0.25) is 0 Å². The molecule has 4 aromatic rings. The van der Waals surface area contributed by atoms with E-state index in [0.29, 0.717) is 13.1 Å². The van der Waals surface area contributed by atoms with Gasteiger partial charge in [0.1, 0.15) is 19.1 Å². The second-order valence-corrected chi connectivity index (χ2v) is 9.37. The van der Waals surface area contributed by atoms with Gasteiger partial charge in [0.25, 0.3) is 0 Å². The van der Waals surface area contributed by atoms with Crippen LogP contribution in [-0.2, 0) is 12.8 Å². The van der Waals surface area contributed by atoms with Gasteiger partial charge in [-0.15, -0.1) is 4.71 Å². The van der Waals surface area contributed by atoms with Gasteiger partial charge in [-0.2, -0.15) is 0 Å². The maximum Gasteiger partial charge on any atom is 0.142 e. The van der Waals surface area contributed by atoms with E-state index in [9.17, 15) is 0 Å². The molecule has 5 rings (SSSR count). The molecule has 0 bridgehead atoms. The van der Waals surface area contributed by atoms with Crippen LogP contribution >= 0.6 is 0 Å². The van der Waals surface area contributed by atoms with Crippen molar-refractivity contribution in [3.63, 3.8) is 0 Å². The fraction of sp³-hybridized carbons (Fsp3) is 0.310. The number of fused-ring (bicyclic) bond motifs is 2. The number of hydrogen-bond acceptors (Lipinski definition) is 1. The molecule has 1 aliphatic rings. The molecular weight excluding hydrogens is 395 g/mol. The van der Waals surface area contributed by atoms with Crippen LogP contribution in [0.15, 0.2) is 84.9 Å². The van der Waals surface area contributed by atoms with Gasteiger partial charge in [0.15, 0.2) is 0 Å². The second kappa shape index (κ2) is 9.01. The van der Waals surface area contributed by atoms with Gasteiger partial charge in [0.2, 0.25) is 0 Å². The summed E-state index contributed by atoms with van der Waals surface area (Å²) in [6.45, 7) is 2.76. The topological polar surface area (TPSA) is 3.24 Å². The predicted octanol–water partition coefficient (Wildman–Crippen LogP) is 6.18. The SMILES string of the molecule is CN1CC[N+](F)(CCCc2cccc3ccccc23)C(Cc2cccc3ccccc23)C1. The molecule has 1 saturated heterocycles. The van der Waals surface area contributed by atoms with E-state index in [1.54, 1.807) is 0 Å². The number of quaternary nitrogens is 1. The van der Waals surface area contributed by atoms with Crippen LogP contribution in [0.5, 0.6) is 0 Å². The molecule has 164 valence electrons. The monoisotopic (exact) mass is 427 g/mol. The molecular formula is C29H32FN2+. The Morgan fingerprint density at radius 2 is 1.41 bits per heavy atom. The lowest BCUT2D eigenvalue weighted by Crippen LogP contribution is -2.61. The van der Waals surface area contributed by atoms with E-state index in [1.807, 2.05) is 0 Å². The van der Waals surface area contributed by atoms with Gasteiger partial charge in [-0.25, -0.2) is 0 Å². The van der Waals surface area contributed by atoms with Crippen LogP contribution < -0.4 is 0 Å². The molecule has 0 radical (unpaired) electrons. The van der Waals surface area contributed by atoms with Gasteiger partial charge >= 0.3 is 0 Å². The number of likely N-dealkylation sites (N-methyl/N-ethyl adjacent to an activating group) is 1. The van der Waals surface area contributed by atoms with Gasteiger partial charge < -0.3 is 0 Å². The van der Waals surface area contributed by atoms with Gasteiger partial charge in [-0.05, 0) is 50.6 Å². The second-order valence-electron chi connectivity index (χ2n) is 9.37. The zero-order valence-corrected chi connectivity index (χ0v) is 18.9. The van der Waals surface area contributed by atoms with Crippen molar-refractivity contribution in [3.05, 3.63) is 96.1 Å². The van der Waals surface area contributed by atoms with E-state index in [-0.39, 0.29) is 10.7 Å². The standard InChI is InChI=1S/C29H32FN2/c1-31-18-20-32(30,19-8-15-25-12-6-11-23-9-2-4-16-28(23)25)27(22-31)21-26-14-7-13-24-10-3-5-17-29(24)26/h2-7,9-14,16-17,27H,8,15,18-22H2,1H3/q+1. The number of rotatable bonds is 6. The Kier molecular flexibility index (Phi) is 5.95. The van der Waals surface area contributed by atoms with Crippen molar-refractivity contribution in [1.29, 1.82) is 0 Å². The Morgan fingerprint density at radius 3 is 2.12 bits per heavy atom. The number of halogens is 1. The average Bonchev–Trinajstić information content (AvgIpc) is 2.82. The van der Waals surface area contributed by atoms with E-state index in [2.05, 4.69) is 96.9 Å². The average molecular weight is 428 g/mol. The van der Waals surface area contributed by atoms with Crippen molar-refractivity contribution >= 4 is 21.5 Å². The number of benzene rings is 4. The van der Waals surface area contributed by atoms with E-state index >= 15 is 4.48 Å². The van der Waals surface area contributed by atoms with Crippen molar-refractivity contribution in [2.45, 2.75) is 25.3 Å². The normalized spacial score (nSPS) is 21.9. The summed E-state index contributed by atoms with van der Waals surface area (Å²) < 4.78 is 16.1. The van der Waals surface area contributed by atoms with Crippen molar-refractivity contribution < 1.29 is 9.19 Å². The van der Waals surface area contributed by atoms with Crippen molar-refractivity contribution in [2.24, 2.45) is 0 Å². The third kappa shape index (κ3) is 4.28. The van der Waals surface area contributed by atoms with Crippen molar-refractivity contribution in [3.8, 4) is 0 Å². The Bertz CT molecular complexity index is 1210. The lowest BCUT2D eigenvalue weighted by molar-refractivity contribution is -1.08. The maximum atomic E-state index is 16.4. The first-order valence-corrected chi connectivity index (χ1v) is 11.8. The zero-order chi connectivity index (χ0) is 22.0. The molecule has 4 aromatic carbocycles. The summed E-state index contributed by atoms with van der Waals surface area (Å²) in [6, 6.07) is 29.9. The summed E-state index contributed by atoms with van der Waals surface area (Å²) in [5.41, 5.74) is 2.59. The third-order valence-corrected chi connectivity index (χ3v) is 7.22. The molecule has 0 N–H and O–H groups in total. The number of nitrogens with zero attached hydrogens (tertiary/aromatic N) is 2. The van der Waals surface area contributed by atoms with Gasteiger partial charge in [0.05, 0.1) is 13.1 Å². The minimum Gasteiger partial charge on any atom is -0.295 e. The summed E-state index contributed by atoms with van der Waals surface area (Å²) in [7, 11) is 2.12. The quantitative estimate of drug-likeness (QED) is 0.332. The first kappa shape index (κ1) is 21.1. The lowest BCUT2D eigenvalue weighted by atomic mass is 9.96. The smallest absolute Gasteiger partial charge is 0.142 e. The molecule has 1 fully saturated rings. The molecule has 2 atom stereocenters. The van der Waals surface area contributed by atoms with E-state index < -0.39 is 0 Å². The molecule has 2 nitrogen and oxygen atoms in total. The van der Waals surface area contributed by atoms with Crippen molar-refractivity contribution in [1.82, 2.24) is 4.90 Å². The summed E-state index contributed by atoms with van der Waals surface area (Å²) in [5, 5.41) is 5.06. The van der Waals surface area contributed by atoms with Crippen LogP contribution in [0.3, 0.4) is 0 Å². The third-order valence-electron chi connectivity index (χ3n) is 7.22. The van der Waals surface area contributed by atoms with Crippen LogP contribution in [0.25, 0.3) is 21.5 Å². The Hall–Kier alpha value is -2.75. The van der Waals surface area contributed by atoms with Crippen LogP contribution in [0, 0.1) is 0 Å². The van der Waals surface area contributed by atoms with Gasteiger partial charge in [-0.1, -0.05) is 84.9 Å². The highest BCUT2D eigenvalue weighted by atomic mass is 19.2. The first-order chi connectivity index (χ1) is 15.6. The van der Waals surface area contributed by atoms with Crippen LogP contribution in [-0.4, -0.2) is 48.9 Å². The number of aryl methyl sites for hydroxylation is 1. The fourth-order valence-electron chi connectivity index (χ4n) is 5.41. The molecule has 0 aromatic heterocycles. The lowest BCUT2D eigenvalue weighted by Gasteiger charge is -2.41. The number of hydrogen-bond donors (Lipinski definition) is 0. The zero-order valence-electron chi connectivity index (χ0n) is 18.9. The Labute approximate surface area is 190 Å². The van der Waals surface area contributed by atoms with Gasteiger partial charge in [-0.3, -0.25) is 4.90 Å². The largest absolute Gasteiger partial charge is 0.295 e. The summed E-state index contributed by atoms with van der Waals surface area (Å²) in [5.74, 6) is 0. The molecule has 0 spiro atoms. The summed E-state index contributed by atoms with van der Waals surface area (Å²) >= 11 is 0. The fourth-order valence-corrected chi connectivity index (χ4v) is 5.41. The number of piperazine rings is 1. The Morgan fingerprint density at radius 1 is 0.812 bits per heavy atom. The first-order valence-electron chi connectivity index (χ1n) is 11.8. The summed E-state index contributed by atoms with van der Waals surface area (Å²) in [6.07, 6.45) is 2.55. The molecule has 1 heterocycles. The van der Waals surface area contributed by atoms with Crippen LogP contribution in [0.4, 0.5) is 4.48 Å². The molecule has 3 heteroatoms. The highest BCUT2D eigenvalue weighted by Gasteiger charge is 2.42. The summed E-state index contributed by atoms with van der Waals surface area (Å²) in [4.78, 5) is 2.29. The molecule has 0 saturated carbocycles. The minimum absolute atomic E-state index is 0.0351. The maximum absolute atomic E-state index is 16.4. The minimum atomic E-state index is -0.321. The van der Waals surface area contributed by atoms with E-state index in [1.165, 1.54) is 32.7 Å². The van der Waals surface area contributed by atoms with Gasteiger partial charge in [0, 0.05) is 12.8 Å².